The Labute approximate surface area is 91.2 Å². The molecule has 2 heterocycles. The van der Waals surface area contributed by atoms with E-state index in [1.165, 1.54) is 6.42 Å². The van der Waals surface area contributed by atoms with Crippen molar-refractivity contribution in [3.63, 3.8) is 0 Å². The van der Waals surface area contributed by atoms with Crippen LogP contribution in [0.25, 0.3) is 0 Å². The van der Waals surface area contributed by atoms with E-state index in [9.17, 15) is 0 Å². The van der Waals surface area contributed by atoms with E-state index >= 15 is 0 Å². The van der Waals surface area contributed by atoms with Crippen LogP contribution in [-0.2, 0) is 0 Å². The maximum atomic E-state index is 5.73. The molecule has 1 aliphatic heterocycles. The van der Waals surface area contributed by atoms with Gasteiger partial charge in [0.1, 0.15) is 5.76 Å². The fraction of sp³-hybridized carbons (Fsp3) is 0.667. The van der Waals surface area contributed by atoms with Gasteiger partial charge in [0.25, 0.3) is 0 Å². The van der Waals surface area contributed by atoms with Crippen LogP contribution in [-0.4, -0.2) is 24.0 Å². The van der Waals surface area contributed by atoms with Crippen LogP contribution >= 0.6 is 0 Å². The Morgan fingerprint density at radius 2 is 2.47 bits per heavy atom. The molecule has 1 aromatic rings. The van der Waals surface area contributed by atoms with Crippen molar-refractivity contribution in [2.24, 2.45) is 11.7 Å². The molecule has 0 spiro atoms. The molecule has 15 heavy (non-hydrogen) atoms. The van der Waals surface area contributed by atoms with Gasteiger partial charge in [0, 0.05) is 12.6 Å². The molecule has 0 aliphatic carbocycles. The van der Waals surface area contributed by atoms with Crippen molar-refractivity contribution in [1.82, 2.24) is 4.90 Å². The largest absolute Gasteiger partial charge is 0.468 e. The van der Waals surface area contributed by atoms with E-state index in [-0.39, 0.29) is 0 Å². The highest BCUT2D eigenvalue weighted by atomic mass is 16.3. The average Bonchev–Trinajstić information content (AvgIpc) is 2.85. The van der Waals surface area contributed by atoms with Crippen LogP contribution < -0.4 is 5.73 Å². The van der Waals surface area contributed by atoms with Gasteiger partial charge < -0.3 is 10.2 Å². The monoisotopic (exact) mass is 208 g/mol. The molecular weight excluding hydrogens is 188 g/mol. The van der Waals surface area contributed by atoms with E-state index < -0.39 is 0 Å². The molecule has 0 radical (unpaired) electrons. The van der Waals surface area contributed by atoms with Crippen LogP contribution in [0.2, 0.25) is 0 Å². The third-order valence-corrected chi connectivity index (χ3v) is 3.50. The quantitative estimate of drug-likeness (QED) is 0.826. The van der Waals surface area contributed by atoms with Crippen LogP contribution in [0.3, 0.4) is 0 Å². The summed E-state index contributed by atoms with van der Waals surface area (Å²) >= 11 is 0. The zero-order chi connectivity index (χ0) is 10.8. The van der Waals surface area contributed by atoms with Gasteiger partial charge in [-0.3, -0.25) is 4.90 Å². The summed E-state index contributed by atoms with van der Waals surface area (Å²) in [6.45, 7) is 6.37. The first kappa shape index (κ1) is 10.7. The Hall–Kier alpha value is -0.800. The number of rotatable bonds is 3. The maximum Gasteiger partial charge on any atom is 0.120 e. The van der Waals surface area contributed by atoms with Gasteiger partial charge in [-0.25, -0.2) is 0 Å². The molecule has 3 nitrogen and oxygen atoms in total. The van der Waals surface area contributed by atoms with Crippen molar-refractivity contribution < 1.29 is 4.42 Å². The number of hydrogen-bond acceptors (Lipinski definition) is 3. The summed E-state index contributed by atoms with van der Waals surface area (Å²) in [4.78, 5) is 2.48. The lowest BCUT2D eigenvalue weighted by atomic mass is 10.1. The van der Waals surface area contributed by atoms with Crippen molar-refractivity contribution >= 4 is 0 Å². The molecule has 1 aromatic heterocycles. The molecule has 0 amide bonds. The topological polar surface area (TPSA) is 42.4 Å². The number of likely N-dealkylation sites (tertiary alicyclic amines) is 1. The van der Waals surface area contributed by atoms with Crippen molar-refractivity contribution in [3.05, 3.63) is 24.2 Å². The van der Waals surface area contributed by atoms with Gasteiger partial charge in [-0.1, -0.05) is 0 Å². The zero-order valence-electron chi connectivity index (χ0n) is 9.52. The standard InChI is InChI=1S/C12H20N2O/c1-9-6-11(7-13)8-14(9)10(2)12-4-3-5-15-12/h3-5,9-11H,6-8,13H2,1-2H3. The molecule has 2 N–H and O–H groups in total. The first-order chi connectivity index (χ1) is 7.22. The predicted octanol–water partition coefficient (Wildman–Crippen LogP) is 2.01. The van der Waals surface area contributed by atoms with Gasteiger partial charge in [-0.05, 0) is 44.9 Å². The van der Waals surface area contributed by atoms with E-state index in [1.54, 1.807) is 6.26 Å². The highest BCUT2D eigenvalue weighted by Gasteiger charge is 2.32. The van der Waals surface area contributed by atoms with Gasteiger partial charge in [0.2, 0.25) is 0 Å². The van der Waals surface area contributed by atoms with E-state index in [4.69, 9.17) is 10.2 Å². The van der Waals surface area contributed by atoms with Gasteiger partial charge in [0.15, 0.2) is 0 Å². The SMILES string of the molecule is CC1CC(CN)CN1C(C)c1ccco1. The maximum absolute atomic E-state index is 5.73. The van der Waals surface area contributed by atoms with Gasteiger partial charge in [-0.15, -0.1) is 0 Å². The normalized spacial score (nSPS) is 29.5. The van der Waals surface area contributed by atoms with Crippen molar-refractivity contribution in [3.8, 4) is 0 Å². The molecule has 84 valence electrons. The number of furan rings is 1. The van der Waals surface area contributed by atoms with Crippen LogP contribution in [0.15, 0.2) is 22.8 Å². The number of nitrogens with two attached hydrogens (primary N) is 1. The van der Waals surface area contributed by atoms with Gasteiger partial charge in [-0.2, -0.15) is 0 Å². The summed E-state index contributed by atoms with van der Waals surface area (Å²) in [7, 11) is 0. The number of nitrogens with zero attached hydrogens (tertiary/aromatic N) is 1. The van der Waals surface area contributed by atoms with Crippen molar-refractivity contribution in [1.29, 1.82) is 0 Å². The van der Waals surface area contributed by atoms with Crippen LogP contribution in [0.1, 0.15) is 32.1 Å². The highest BCUT2D eigenvalue weighted by Crippen LogP contribution is 2.31. The van der Waals surface area contributed by atoms with Crippen molar-refractivity contribution in [2.75, 3.05) is 13.1 Å². The van der Waals surface area contributed by atoms with Gasteiger partial charge >= 0.3 is 0 Å². The van der Waals surface area contributed by atoms with Crippen LogP contribution in [0.5, 0.6) is 0 Å². The lowest BCUT2D eigenvalue weighted by Crippen LogP contribution is -2.30. The zero-order valence-corrected chi connectivity index (χ0v) is 9.52. The molecule has 2 rings (SSSR count). The molecular formula is C12H20N2O. The second-order valence-corrected chi connectivity index (χ2v) is 4.57. The molecule has 0 saturated carbocycles. The van der Waals surface area contributed by atoms with Crippen LogP contribution in [0.4, 0.5) is 0 Å². The Morgan fingerprint density at radius 1 is 1.67 bits per heavy atom. The van der Waals surface area contributed by atoms with E-state index in [1.807, 2.05) is 12.1 Å². The third-order valence-electron chi connectivity index (χ3n) is 3.50. The summed E-state index contributed by atoms with van der Waals surface area (Å²) in [5, 5.41) is 0. The fourth-order valence-electron chi connectivity index (χ4n) is 2.57. The lowest BCUT2D eigenvalue weighted by molar-refractivity contribution is 0.178. The summed E-state index contributed by atoms with van der Waals surface area (Å²) < 4.78 is 5.45. The molecule has 0 bridgehead atoms. The van der Waals surface area contributed by atoms with E-state index in [0.717, 1.165) is 18.8 Å². The minimum Gasteiger partial charge on any atom is -0.468 e. The Balaban J connectivity index is 2.05. The fourth-order valence-corrected chi connectivity index (χ4v) is 2.57. The summed E-state index contributed by atoms with van der Waals surface area (Å²) in [5.74, 6) is 1.71. The minimum atomic E-state index is 0.367. The Kier molecular flexibility index (Phi) is 3.12. The minimum absolute atomic E-state index is 0.367. The summed E-state index contributed by atoms with van der Waals surface area (Å²) in [6.07, 6.45) is 2.95. The second-order valence-electron chi connectivity index (χ2n) is 4.57. The summed E-state index contributed by atoms with van der Waals surface area (Å²) in [6, 6.07) is 4.98. The highest BCUT2D eigenvalue weighted by molar-refractivity contribution is 5.05. The van der Waals surface area contributed by atoms with Crippen molar-refractivity contribution in [2.45, 2.75) is 32.4 Å². The average molecular weight is 208 g/mol. The smallest absolute Gasteiger partial charge is 0.120 e. The predicted molar refractivity (Wildman–Crippen MR) is 60.5 cm³/mol. The van der Waals surface area contributed by atoms with Crippen LogP contribution in [0, 0.1) is 5.92 Å². The molecule has 0 aromatic carbocycles. The van der Waals surface area contributed by atoms with E-state index in [2.05, 4.69) is 18.7 Å². The molecule has 1 fully saturated rings. The Morgan fingerprint density at radius 3 is 3.00 bits per heavy atom. The molecule has 1 saturated heterocycles. The number of hydrogen-bond donors (Lipinski definition) is 1. The molecule has 3 unspecified atom stereocenters. The van der Waals surface area contributed by atoms with Gasteiger partial charge in [0.05, 0.1) is 12.3 Å². The molecule has 1 aliphatic rings. The first-order valence-corrected chi connectivity index (χ1v) is 5.71. The lowest BCUT2D eigenvalue weighted by Gasteiger charge is -2.26. The van der Waals surface area contributed by atoms with E-state index in [0.29, 0.717) is 18.0 Å². The Bertz CT molecular complexity index is 297. The first-order valence-electron chi connectivity index (χ1n) is 5.71. The molecule has 3 heteroatoms. The third kappa shape index (κ3) is 2.08. The molecule has 3 atom stereocenters. The second kappa shape index (κ2) is 4.37. The summed E-state index contributed by atoms with van der Waals surface area (Å²) in [5.41, 5.74) is 5.73.